The van der Waals surface area contributed by atoms with E-state index < -0.39 is 5.97 Å². The first-order chi connectivity index (χ1) is 9.63. The lowest BCUT2D eigenvalue weighted by Crippen LogP contribution is -2.24. The van der Waals surface area contributed by atoms with Crippen molar-refractivity contribution in [1.29, 1.82) is 0 Å². The van der Waals surface area contributed by atoms with Gasteiger partial charge in [0.15, 0.2) is 0 Å². The Labute approximate surface area is 122 Å². The van der Waals surface area contributed by atoms with E-state index in [-0.39, 0.29) is 0 Å². The summed E-state index contributed by atoms with van der Waals surface area (Å²) in [5.74, 6) is -0.453. The van der Waals surface area contributed by atoms with Crippen LogP contribution in [0.5, 0.6) is 0 Å². The summed E-state index contributed by atoms with van der Waals surface area (Å²) in [5.41, 5.74) is 0.878. The number of rotatable bonds is 7. The number of ether oxygens (including phenoxy) is 1. The number of carbonyl (C=O) groups is 1. The number of thiophene rings is 1. The van der Waals surface area contributed by atoms with Crippen LogP contribution in [0.4, 0.5) is 0 Å². The van der Waals surface area contributed by atoms with Crippen molar-refractivity contribution in [2.75, 3.05) is 20.3 Å². The highest BCUT2D eigenvalue weighted by atomic mass is 32.1. The van der Waals surface area contributed by atoms with Crippen molar-refractivity contribution < 1.29 is 14.6 Å². The van der Waals surface area contributed by atoms with E-state index in [0.29, 0.717) is 23.9 Å². The molecule has 20 heavy (non-hydrogen) atoms. The molecule has 0 saturated heterocycles. The molecule has 0 saturated carbocycles. The summed E-state index contributed by atoms with van der Waals surface area (Å²) in [4.78, 5) is 11.8. The van der Waals surface area contributed by atoms with Gasteiger partial charge in [0.05, 0.1) is 0 Å². The highest BCUT2D eigenvalue weighted by Crippen LogP contribution is 2.31. The quantitative estimate of drug-likeness (QED) is 0.824. The summed E-state index contributed by atoms with van der Waals surface area (Å²) in [5, 5.41) is 13.7. The molecule has 108 valence electrons. The second kappa shape index (κ2) is 6.83. The monoisotopic (exact) mass is 293 g/mol. The van der Waals surface area contributed by atoms with Gasteiger partial charge < -0.3 is 15.2 Å². The number of methoxy groups -OCH3 is 1. The zero-order valence-corrected chi connectivity index (χ0v) is 12.5. The number of aromatic carboxylic acids is 1. The molecule has 0 spiro atoms. The van der Waals surface area contributed by atoms with Gasteiger partial charge in [-0.25, -0.2) is 4.79 Å². The lowest BCUT2D eigenvalue weighted by molar-refractivity contribution is 0.0701. The molecule has 0 aliphatic rings. The van der Waals surface area contributed by atoms with E-state index in [1.807, 2.05) is 24.3 Å². The number of carboxylic acids is 1. The first-order valence-corrected chi connectivity index (χ1v) is 7.38. The summed E-state index contributed by atoms with van der Waals surface area (Å²) in [7, 11) is 1.69. The fourth-order valence-corrected chi connectivity index (χ4v) is 3.29. The van der Waals surface area contributed by atoms with Crippen molar-refractivity contribution in [1.82, 2.24) is 5.32 Å². The minimum Gasteiger partial charge on any atom is -0.477 e. The Bertz CT molecular complexity index is 594. The van der Waals surface area contributed by atoms with Crippen LogP contribution in [0.2, 0.25) is 0 Å². The SMILES string of the molecule is COCC(C)CNCc1c(C(=O)O)sc2ccccc12. The molecule has 1 heterocycles. The van der Waals surface area contributed by atoms with Gasteiger partial charge in [-0.15, -0.1) is 11.3 Å². The van der Waals surface area contributed by atoms with Crippen molar-refractivity contribution in [3.63, 3.8) is 0 Å². The van der Waals surface area contributed by atoms with Crippen LogP contribution in [0.25, 0.3) is 10.1 Å². The molecule has 2 N–H and O–H groups in total. The summed E-state index contributed by atoms with van der Waals surface area (Å²) >= 11 is 1.34. The van der Waals surface area contributed by atoms with E-state index in [4.69, 9.17) is 4.74 Å². The van der Waals surface area contributed by atoms with Crippen LogP contribution in [0.15, 0.2) is 24.3 Å². The van der Waals surface area contributed by atoms with Gasteiger partial charge in [-0.1, -0.05) is 25.1 Å². The molecular formula is C15H19NO3S. The largest absolute Gasteiger partial charge is 0.477 e. The van der Waals surface area contributed by atoms with E-state index in [0.717, 1.165) is 22.2 Å². The molecule has 2 aromatic rings. The molecule has 0 amide bonds. The minimum atomic E-state index is -0.854. The Morgan fingerprint density at radius 2 is 2.20 bits per heavy atom. The van der Waals surface area contributed by atoms with Crippen LogP contribution in [0, 0.1) is 5.92 Å². The lowest BCUT2D eigenvalue weighted by atomic mass is 10.1. The average molecular weight is 293 g/mol. The molecule has 1 aromatic heterocycles. The third-order valence-electron chi connectivity index (χ3n) is 3.14. The van der Waals surface area contributed by atoms with Gasteiger partial charge in [-0.3, -0.25) is 0 Å². The molecule has 5 heteroatoms. The molecule has 0 aliphatic heterocycles. The Morgan fingerprint density at radius 1 is 1.45 bits per heavy atom. The van der Waals surface area contributed by atoms with Crippen molar-refractivity contribution in [2.45, 2.75) is 13.5 Å². The number of nitrogens with one attached hydrogen (secondary N) is 1. The molecule has 1 unspecified atom stereocenters. The van der Waals surface area contributed by atoms with E-state index in [2.05, 4.69) is 12.2 Å². The van der Waals surface area contributed by atoms with Crippen molar-refractivity contribution in [3.8, 4) is 0 Å². The van der Waals surface area contributed by atoms with Crippen molar-refractivity contribution >= 4 is 27.4 Å². The van der Waals surface area contributed by atoms with Crippen LogP contribution >= 0.6 is 11.3 Å². The predicted molar refractivity (Wildman–Crippen MR) is 81.5 cm³/mol. The number of fused-ring (bicyclic) bond motifs is 1. The molecular weight excluding hydrogens is 274 g/mol. The number of hydrogen-bond acceptors (Lipinski definition) is 4. The molecule has 0 bridgehead atoms. The standard InChI is InChI=1S/C15H19NO3S/c1-10(9-19-2)7-16-8-12-11-5-3-4-6-13(11)20-14(12)15(17)18/h3-6,10,16H,7-9H2,1-2H3,(H,17,18). The van der Waals surface area contributed by atoms with Crippen LogP contribution < -0.4 is 5.32 Å². The predicted octanol–water partition coefficient (Wildman–Crippen LogP) is 2.97. The Balaban J connectivity index is 2.15. The van der Waals surface area contributed by atoms with Crippen LogP contribution in [-0.4, -0.2) is 31.3 Å². The third kappa shape index (κ3) is 3.36. The highest BCUT2D eigenvalue weighted by Gasteiger charge is 2.17. The van der Waals surface area contributed by atoms with Gasteiger partial charge in [-0.05, 0) is 22.9 Å². The molecule has 4 nitrogen and oxygen atoms in total. The zero-order chi connectivity index (χ0) is 14.5. The second-order valence-electron chi connectivity index (χ2n) is 4.90. The van der Waals surface area contributed by atoms with E-state index in [1.165, 1.54) is 11.3 Å². The number of benzene rings is 1. The van der Waals surface area contributed by atoms with Crippen LogP contribution in [-0.2, 0) is 11.3 Å². The normalized spacial score (nSPS) is 12.7. The fourth-order valence-electron chi connectivity index (χ4n) is 2.23. The van der Waals surface area contributed by atoms with Gasteiger partial charge in [0.25, 0.3) is 0 Å². The molecule has 2 rings (SSSR count). The maximum atomic E-state index is 11.4. The highest BCUT2D eigenvalue weighted by molar-refractivity contribution is 7.21. The average Bonchev–Trinajstić information content (AvgIpc) is 2.78. The zero-order valence-electron chi connectivity index (χ0n) is 11.7. The smallest absolute Gasteiger partial charge is 0.346 e. The Hall–Kier alpha value is -1.43. The fraction of sp³-hybridized carbons (Fsp3) is 0.400. The first-order valence-electron chi connectivity index (χ1n) is 6.56. The topological polar surface area (TPSA) is 58.6 Å². The molecule has 0 fully saturated rings. The van der Waals surface area contributed by atoms with Gasteiger partial charge in [0.1, 0.15) is 4.88 Å². The third-order valence-corrected chi connectivity index (χ3v) is 4.34. The molecule has 1 atom stereocenters. The van der Waals surface area contributed by atoms with Gasteiger partial charge >= 0.3 is 5.97 Å². The summed E-state index contributed by atoms with van der Waals surface area (Å²) in [6.45, 7) is 4.17. The Kier molecular flexibility index (Phi) is 5.11. The van der Waals surface area contributed by atoms with E-state index >= 15 is 0 Å². The maximum Gasteiger partial charge on any atom is 0.346 e. The molecule has 1 aromatic carbocycles. The van der Waals surface area contributed by atoms with Crippen molar-refractivity contribution in [3.05, 3.63) is 34.7 Å². The van der Waals surface area contributed by atoms with Crippen LogP contribution in [0.1, 0.15) is 22.2 Å². The summed E-state index contributed by atoms with van der Waals surface area (Å²) in [6, 6.07) is 7.82. The van der Waals surface area contributed by atoms with Gasteiger partial charge in [0.2, 0.25) is 0 Å². The maximum absolute atomic E-state index is 11.4. The second-order valence-corrected chi connectivity index (χ2v) is 5.95. The summed E-state index contributed by atoms with van der Waals surface area (Å²) in [6.07, 6.45) is 0. The summed E-state index contributed by atoms with van der Waals surface area (Å²) < 4.78 is 6.11. The first kappa shape index (κ1) is 15.0. The minimum absolute atomic E-state index is 0.401. The van der Waals surface area contributed by atoms with Gasteiger partial charge in [0, 0.05) is 31.5 Å². The number of hydrogen-bond donors (Lipinski definition) is 2. The Morgan fingerprint density at radius 3 is 2.90 bits per heavy atom. The molecule has 0 radical (unpaired) electrons. The molecule has 0 aliphatic carbocycles. The van der Waals surface area contributed by atoms with E-state index in [9.17, 15) is 9.90 Å². The lowest BCUT2D eigenvalue weighted by Gasteiger charge is -2.11. The number of carboxylic acid groups (broad SMARTS) is 1. The van der Waals surface area contributed by atoms with E-state index in [1.54, 1.807) is 7.11 Å². The van der Waals surface area contributed by atoms with Gasteiger partial charge in [-0.2, -0.15) is 0 Å². The van der Waals surface area contributed by atoms with Crippen molar-refractivity contribution in [2.24, 2.45) is 5.92 Å². The van der Waals surface area contributed by atoms with Crippen LogP contribution in [0.3, 0.4) is 0 Å².